The van der Waals surface area contributed by atoms with Crippen molar-refractivity contribution in [3.05, 3.63) is 12.0 Å². The van der Waals surface area contributed by atoms with Gasteiger partial charge in [-0.15, -0.1) is 15.0 Å². The predicted octanol–water partition coefficient (Wildman–Crippen LogP) is -0.460. The summed E-state index contributed by atoms with van der Waals surface area (Å²) < 4.78 is 0. The largest absolute Gasteiger partial charge is 0.382 e. The Morgan fingerprint density at radius 1 is 1.54 bits per heavy atom. The van der Waals surface area contributed by atoms with E-state index in [0.29, 0.717) is 17.8 Å². The molecule has 1 heterocycles. The molecule has 0 amide bonds. The van der Waals surface area contributed by atoms with E-state index in [2.05, 4.69) is 15.4 Å². The fourth-order valence-electron chi connectivity index (χ4n) is 0.787. The fraction of sp³-hybridized carbons (Fsp3) is 0.429. The van der Waals surface area contributed by atoms with Gasteiger partial charge in [0.2, 0.25) is 0 Å². The highest BCUT2D eigenvalue weighted by Crippen LogP contribution is 1.96. The van der Waals surface area contributed by atoms with Gasteiger partial charge in [-0.2, -0.15) is 0 Å². The molecule has 1 aromatic rings. The van der Waals surface area contributed by atoms with Gasteiger partial charge < -0.3 is 4.90 Å². The number of nitrogens with zero attached hydrogens (tertiary/aromatic N) is 5. The summed E-state index contributed by atoms with van der Waals surface area (Å²) in [6.45, 7) is 1.71. The molecule has 0 N–H and O–H groups in total. The molecule has 0 aliphatic carbocycles. The topological polar surface area (TPSA) is 63.9 Å². The minimum absolute atomic E-state index is 0.352. The van der Waals surface area contributed by atoms with Crippen LogP contribution in [0.3, 0.4) is 0 Å². The van der Waals surface area contributed by atoms with Gasteiger partial charge >= 0.3 is 0 Å². The zero-order chi connectivity index (χ0) is 9.84. The van der Waals surface area contributed by atoms with Gasteiger partial charge in [0.1, 0.15) is 5.70 Å². The van der Waals surface area contributed by atoms with Crippen molar-refractivity contribution in [1.82, 2.24) is 25.1 Å². The van der Waals surface area contributed by atoms with Crippen molar-refractivity contribution in [2.24, 2.45) is 0 Å². The molecule has 13 heavy (non-hydrogen) atoms. The third-order valence-electron chi connectivity index (χ3n) is 1.26. The Labute approximate surface area is 75.8 Å². The summed E-state index contributed by atoms with van der Waals surface area (Å²) in [4.78, 5) is 13.6. The molecule has 0 saturated carbocycles. The van der Waals surface area contributed by atoms with Gasteiger partial charge in [0.25, 0.3) is 0 Å². The average molecular weight is 181 g/mol. The molecule has 70 valence electrons. The number of rotatable bonds is 3. The van der Waals surface area contributed by atoms with Crippen LogP contribution in [0, 0.1) is 6.92 Å². The SMILES string of the molecule is Cc1nnn(/C(C=O)=C\N(C)C)n1. The molecule has 1 rings (SSSR count). The van der Waals surface area contributed by atoms with Gasteiger partial charge in [-0.25, -0.2) is 0 Å². The van der Waals surface area contributed by atoms with E-state index in [-0.39, 0.29) is 0 Å². The van der Waals surface area contributed by atoms with E-state index in [1.807, 2.05) is 14.1 Å². The smallest absolute Gasteiger partial charge is 0.172 e. The van der Waals surface area contributed by atoms with Crippen LogP contribution in [0.5, 0.6) is 0 Å². The van der Waals surface area contributed by atoms with Crippen molar-refractivity contribution in [2.45, 2.75) is 6.92 Å². The van der Waals surface area contributed by atoms with Crippen molar-refractivity contribution in [3.63, 3.8) is 0 Å². The van der Waals surface area contributed by atoms with Crippen molar-refractivity contribution in [3.8, 4) is 0 Å². The van der Waals surface area contributed by atoms with Crippen molar-refractivity contribution >= 4 is 12.0 Å². The summed E-state index contributed by atoms with van der Waals surface area (Å²) in [5, 5.41) is 11.2. The van der Waals surface area contributed by atoms with Crippen molar-refractivity contribution < 1.29 is 4.79 Å². The average Bonchev–Trinajstić information content (AvgIpc) is 2.47. The number of hydrogen-bond donors (Lipinski definition) is 0. The normalized spacial score (nSPS) is 11.5. The van der Waals surface area contributed by atoms with Crippen LogP contribution in [0.15, 0.2) is 6.20 Å². The Morgan fingerprint density at radius 3 is 2.62 bits per heavy atom. The summed E-state index contributed by atoms with van der Waals surface area (Å²) in [5.74, 6) is 0.534. The van der Waals surface area contributed by atoms with Gasteiger partial charge in [0, 0.05) is 20.3 Å². The summed E-state index contributed by atoms with van der Waals surface area (Å²) in [6.07, 6.45) is 2.30. The van der Waals surface area contributed by atoms with Gasteiger partial charge in [0.05, 0.1) is 0 Å². The number of tetrazole rings is 1. The standard InChI is InChI=1S/C7H11N5O/c1-6-8-10-12(9-6)7(5-13)4-11(2)3/h4-5H,1-3H3/b7-4-. The van der Waals surface area contributed by atoms with Crippen molar-refractivity contribution in [2.75, 3.05) is 14.1 Å². The Bertz CT molecular complexity index is 327. The molecule has 0 fully saturated rings. The maximum Gasteiger partial charge on any atom is 0.172 e. The van der Waals surface area contributed by atoms with E-state index >= 15 is 0 Å². The predicted molar refractivity (Wildman–Crippen MR) is 46.6 cm³/mol. The summed E-state index contributed by atoms with van der Waals surface area (Å²) in [5.41, 5.74) is 0.352. The Hall–Kier alpha value is -1.72. The zero-order valence-electron chi connectivity index (χ0n) is 7.80. The Morgan fingerprint density at radius 2 is 2.23 bits per heavy atom. The van der Waals surface area contributed by atoms with Crippen LogP contribution < -0.4 is 0 Å². The first-order valence-corrected chi connectivity index (χ1v) is 3.74. The van der Waals surface area contributed by atoms with Crippen LogP contribution in [-0.4, -0.2) is 45.5 Å². The van der Waals surface area contributed by atoms with Crippen LogP contribution in [-0.2, 0) is 4.79 Å². The van der Waals surface area contributed by atoms with Crippen LogP contribution in [0.1, 0.15) is 5.82 Å². The van der Waals surface area contributed by atoms with Gasteiger partial charge in [0.15, 0.2) is 12.1 Å². The molecule has 0 aliphatic heterocycles. The molecule has 6 heteroatoms. The number of aryl methyl sites for hydroxylation is 1. The highest BCUT2D eigenvalue weighted by Gasteiger charge is 2.03. The quantitative estimate of drug-likeness (QED) is 0.466. The number of hydrogen-bond acceptors (Lipinski definition) is 5. The molecule has 0 spiro atoms. The lowest BCUT2D eigenvalue weighted by molar-refractivity contribution is -0.103. The van der Waals surface area contributed by atoms with Crippen LogP contribution >= 0.6 is 0 Å². The summed E-state index contributed by atoms with van der Waals surface area (Å²) in [6, 6.07) is 0. The Kier molecular flexibility index (Phi) is 2.73. The third-order valence-corrected chi connectivity index (χ3v) is 1.26. The second-order valence-corrected chi connectivity index (χ2v) is 2.76. The second kappa shape index (κ2) is 3.79. The molecule has 1 aromatic heterocycles. The van der Waals surface area contributed by atoms with E-state index in [0.717, 1.165) is 0 Å². The molecule has 6 nitrogen and oxygen atoms in total. The number of allylic oxidation sites excluding steroid dienone is 1. The minimum atomic E-state index is 0.352. The minimum Gasteiger partial charge on any atom is -0.382 e. The molecule has 0 bridgehead atoms. The van der Waals surface area contributed by atoms with E-state index in [1.165, 1.54) is 4.80 Å². The van der Waals surface area contributed by atoms with E-state index in [1.54, 1.807) is 18.0 Å². The van der Waals surface area contributed by atoms with Gasteiger partial charge in [-0.3, -0.25) is 4.79 Å². The molecule has 0 radical (unpaired) electrons. The number of carbonyl (C=O) groups is 1. The lowest BCUT2D eigenvalue weighted by atomic mass is 10.5. The summed E-state index contributed by atoms with van der Waals surface area (Å²) >= 11 is 0. The molecular formula is C7H11N5O. The first-order valence-electron chi connectivity index (χ1n) is 3.74. The van der Waals surface area contributed by atoms with Crippen molar-refractivity contribution in [1.29, 1.82) is 0 Å². The lowest BCUT2D eigenvalue weighted by Crippen LogP contribution is -2.09. The molecule has 0 saturated heterocycles. The monoisotopic (exact) mass is 181 g/mol. The van der Waals surface area contributed by atoms with Crippen LogP contribution in [0.2, 0.25) is 0 Å². The van der Waals surface area contributed by atoms with Crippen LogP contribution in [0.4, 0.5) is 0 Å². The second-order valence-electron chi connectivity index (χ2n) is 2.76. The maximum atomic E-state index is 10.6. The van der Waals surface area contributed by atoms with E-state index in [9.17, 15) is 4.79 Å². The summed E-state index contributed by atoms with van der Waals surface area (Å²) in [7, 11) is 3.63. The number of aromatic nitrogens is 4. The first-order chi connectivity index (χ1) is 6.13. The molecule has 0 unspecified atom stereocenters. The molecule has 0 atom stereocenters. The van der Waals surface area contributed by atoms with Crippen LogP contribution in [0.25, 0.3) is 5.70 Å². The number of carbonyl (C=O) groups excluding carboxylic acids is 1. The molecular weight excluding hydrogens is 170 g/mol. The third kappa shape index (κ3) is 2.36. The lowest BCUT2D eigenvalue weighted by Gasteiger charge is -2.05. The fourth-order valence-corrected chi connectivity index (χ4v) is 0.787. The zero-order valence-corrected chi connectivity index (χ0v) is 7.80. The first kappa shape index (κ1) is 9.37. The highest BCUT2D eigenvalue weighted by atomic mass is 16.1. The number of aldehydes is 1. The van der Waals surface area contributed by atoms with Gasteiger partial charge in [-0.05, 0) is 12.1 Å². The van der Waals surface area contributed by atoms with Gasteiger partial charge in [-0.1, -0.05) is 0 Å². The van der Waals surface area contributed by atoms with E-state index in [4.69, 9.17) is 0 Å². The Balaban J connectivity index is 2.97. The van der Waals surface area contributed by atoms with E-state index < -0.39 is 0 Å². The molecule has 0 aliphatic rings. The highest BCUT2D eigenvalue weighted by molar-refractivity contribution is 5.97. The maximum absolute atomic E-state index is 10.6. The molecule has 0 aromatic carbocycles.